The summed E-state index contributed by atoms with van der Waals surface area (Å²) in [5.41, 5.74) is 2.01. The number of hydrogen-bond acceptors (Lipinski definition) is 3. The molecule has 1 aliphatic heterocycles. The van der Waals surface area contributed by atoms with E-state index in [0.29, 0.717) is 12.6 Å². The Labute approximate surface area is 117 Å². The largest absolute Gasteiger partial charge is 0.391 e. The zero-order chi connectivity index (χ0) is 13.4. The van der Waals surface area contributed by atoms with Crippen molar-refractivity contribution in [1.82, 2.24) is 10.2 Å². The molecule has 0 aliphatic carbocycles. The van der Waals surface area contributed by atoms with Gasteiger partial charge in [0, 0.05) is 23.7 Å². The van der Waals surface area contributed by atoms with Crippen LogP contribution in [0.15, 0.2) is 30.3 Å². The molecule has 0 spiro atoms. The fraction of sp³-hybridized carbons (Fsp3) is 0.357. The number of nitrogens with one attached hydrogen (secondary N) is 1. The molecule has 3 rings (SSSR count). The quantitative estimate of drug-likeness (QED) is 0.887. The highest BCUT2D eigenvalue weighted by Gasteiger charge is 2.29. The van der Waals surface area contributed by atoms with Crippen molar-refractivity contribution in [2.24, 2.45) is 0 Å². The second-order valence-electron chi connectivity index (χ2n) is 5.04. The van der Waals surface area contributed by atoms with Gasteiger partial charge in [0.1, 0.15) is 0 Å². The van der Waals surface area contributed by atoms with E-state index >= 15 is 0 Å². The van der Waals surface area contributed by atoms with E-state index in [1.807, 2.05) is 30.3 Å². The molecule has 0 amide bonds. The summed E-state index contributed by atoms with van der Waals surface area (Å²) in [5, 5.41) is 17.8. The molecule has 1 aromatic heterocycles. The average Bonchev–Trinajstić information content (AvgIpc) is 2.97. The number of hydrogen-bond donors (Lipinski definition) is 2. The number of β-amino-alcohol motifs (C(OH)–C–C–N with tert-alkyl or cyclic N) is 1. The average molecular weight is 278 g/mol. The number of rotatable bonds is 2. The van der Waals surface area contributed by atoms with Gasteiger partial charge >= 0.3 is 0 Å². The lowest BCUT2D eigenvalue weighted by Gasteiger charge is -2.19. The zero-order valence-corrected chi connectivity index (χ0v) is 11.4. The van der Waals surface area contributed by atoms with Crippen LogP contribution in [0.5, 0.6) is 0 Å². The van der Waals surface area contributed by atoms with Gasteiger partial charge in [0.2, 0.25) is 0 Å². The van der Waals surface area contributed by atoms with Crippen molar-refractivity contribution < 1.29 is 5.11 Å². The molecule has 1 saturated heterocycles. The van der Waals surface area contributed by atoms with Gasteiger partial charge in [-0.25, -0.2) is 0 Å². The minimum atomic E-state index is -0.259. The Hall–Kier alpha value is -1.52. The van der Waals surface area contributed by atoms with Crippen molar-refractivity contribution >= 4 is 17.4 Å². The molecule has 1 aromatic carbocycles. The number of aromatic amines is 1. The lowest BCUT2D eigenvalue weighted by atomic mass is 10.1. The first-order valence-electron chi connectivity index (χ1n) is 6.39. The van der Waals surface area contributed by atoms with Crippen LogP contribution in [-0.2, 0) is 0 Å². The van der Waals surface area contributed by atoms with Gasteiger partial charge in [-0.1, -0.05) is 23.7 Å². The Morgan fingerprint density at radius 1 is 1.37 bits per heavy atom. The first-order chi connectivity index (χ1) is 9.13. The zero-order valence-electron chi connectivity index (χ0n) is 10.7. The van der Waals surface area contributed by atoms with Gasteiger partial charge in [0.05, 0.1) is 11.8 Å². The maximum atomic E-state index is 9.69. The highest BCUT2D eigenvalue weighted by molar-refractivity contribution is 6.30. The van der Waals surface area contributed by atoms with Gasteiger partial charge in [-0.15, -0.1) is 0 Å². The maximum Gasteiger partial charge on any atom is 0.151 e. The summed E-state index contributed by atoms with van der Waals surface area (Å²) in [5.74, 6) is 0.883. The first-order valence-corrected chi connectivity index (χ1v) is 6.77. The summed E-state index contributed by atoms with van der Waals surface area (Å²) in [6.45, 7) is 2.75. The monoisotopic (exact) mass is 277 g/mol. The molecule has 0 radical (unpaired) electrons. The summed E-state index contributed by atoms with van der Waals surface area (Å²) in [4.78, 5) is 2.13. The highest BCUT2D eigenvalue weighted by atomic mass is 35.5. The summed E-state index contributed by atoms with van der Waals surface area (Å²) in [7, 11) is 0. The molecular formula is C14H16ClN3O. The third-order valence-corrected chi connectivity index (χ3v) is 3.82. The van der Waals surface area contributed by atoms with Gasteiger partial charge in [0.25, 0.3) is 0 Å². The number of anilines is 1. The van der Waals surface area contributed by atoms with Gasteiger partial charge in [0.15, 0.2) is 5.82 Å². The molecule has 1 fully saturated rings. The lowest BCUT2D eigenvalue weighted by Crippen LogP contribution is -2.27. The molecule has 2 heterocycles. The van der Waals surface area contributed by atoms with Crippen molar-refractivity contribution in [1.29, 1.82) is 0 Å². The minimum absolute atomic E-state index is 0.259. The van der Waals surface area contributed by atoms with Crippen molar-refractivity contribution in [3.63, 3.8) is 0 Å². The van der Waals surface area contributed by atoms with E-state index in [4.69, 9.17) is 11.6 Å². The molecule has 0 saturated carbocycles. The number of H-pyrrole nitrogens is 1. The highest BCUT2D eigenvalue weighted by Crippen LogP contribution is 2.28. The Bertz CT molecular complexity index is 566. The molecule has 2 atom stereocenters. The Kier molecular flexibility index (Phi) is 3.21. The molecular weight excluding hydrogens is 262 g/mol. The number of halogens is 1. The third kappa shape index (κ3) is 2.46. The maximum absolute atomic E-state index is 9.69. The predicted octanol–water partition coefficient (Wildman–Crippen LogP) is 2.69. The van der Waals surface area contributed by atoms with Crippen LogP contribution < -0.4 is 4.90 Å². The van der Waals surface area contributed by atoms with Crippen LogP contribution in [0.2, 0.25) is 5.02 Å². The van der Waals surface area contributed by atoms with E-state index in [0.717, 1.165) is 28.5 Å². The molecule has 2 aromatic rings. The van der Waals surface area contributed by atoms with Crippen molar-refractivity contribution in [3.05, 3.63) is 35.4 Å². The van der Waals surface area contributed by atoms with E-state index in [2.05, 4.69) is 22.0 Å². The van der Waals surface area contributed by atoms with Crippen LogP contribution in [0.25, 0.3) is 11.3 Å². The van der Waals surface area contributed by atoms with Crippen molar-refractivity contribution in [3.8, 4) is 11.3 Å². The van der Waals surface area contributed by atoms with E-state index in [9.17, 15) is 5.11 Å². The molecule has 5 heteroatoms. The van der Waals surface area contributed by atoms with E-state index in [-0.39, 0.29) is 6.10 Å². The molecule has 0 bridgehead atoms. The van der Waals surface area contributed by atoms with Crippen molar-refractivity contribution in [2.75, 3.05) is 11.4 Å². The second-order valence-corrected chi connectivity index (χ2v) is 5.47. The molecule has 19 heavy (non-hydrogen) atoms. The van der Waals surface area contributed by atoms with Crippen LogP contribution in [0.1, 0.15) is 13.3 Å². The van der Waals surface area contributed by atoms with Crippen LogP contribution in [0.4, 0.5) is 5.82 Å². The van der Waals surface area contributed by atoms with Crippen LogP contribution in [-0.4, -0.2) is 34.0 Å². The van der Waals surface area contributed by atoms with Crippen LogP contribution in [0.3, 0.4) is 0 Å². The van der Waals surface area contributed by atoms with E-state index in [1.165, 1.54) is 0 Å². The van der Waals surface area contributed by atoms with Gasteiger partial charge in [-0.05, 0) is 31.0 Å². The molecule has 100 valence electrons. The summed E-state index contributed by atoms with van der Waals surface area (Å²) in [6.07, 6.45) is 0.536. The normalized spacial score (nSPS) is 23.0. The lowest BCUT2D eigenvalue weighted by molar-refractivity contribution is 0.195. The van der Waals surface area contributed by atoms with Crippen molar-refractivity contribution in [2.45, 2.75) is 25.5 Å². The van der Waals surface area contributed by atoms with Gasteiger partial charge in [-0.3, -0.25) is 5.10 Å². The number of aliphatic hydroxyl groups excluding tert-OH is 1. The van der Waals surface area contributed by atoms with Gasteiger partial charge in [-0.2, -0.15) is 5.10 Å². The minimum Gasteiger partial charge on any atom is -0.391 e. The van der Waals surface area contributed by atoms with Crippen LogP contribution >= 0.6 is 11.6 Å². The summed E-state index contributed by atoms with van der Waals surface area (Å²) >= 11 is 5.88. The van der Waals surface area contributed by atoms with Crippen LogP contribution in [0, 0.1) is 0 Å². The fourth-order valence-electron chi connectivity index (χ4n) is 2.56. The Morgan fingerprint density at radius 3 is 2.74 bits per heavy atom. The number of aromatic nitrogens is 2. The number of nitrogens with zero attached hydrogens (tertiary/aromatic N) is 2. The standard InChI is InChI=1S/C14H16ClN3O/c1-9-6-12(19)8-18(9)14-7-13(16-17-14)10-2-4-11(15)5-3-10/h2-5,7,9,12,19H,6,8H2,1H3,(H,16,17). The molecule has 1 aliphatic rings. The smallest absolute Gasteiger partial charge is 0.151 e. The first kappa shape index (κ1) is 12.5. The summed E-state index contributed by atoms with van der Waals surface area (Å²) in [6, 6.07) is 9.97. The molecule has 2 unspecified atom stereocenters. The SMILES string of the molecule is CC1CC(O)CN1c1cc(-c2ccc(Cl)cc2)[nH]n1. The third-order valence-electron chi connectivity index (χ3n) is 3.57. The second kappa shape index (κ2) is 4.87. The fourth-order valence-corrected chi connectivity index (χ4v) is 2.68. The topological polar surface area (TPSA) is 52.1 Å². The van der Waals surface area contributed by atoms with E-state index in [1.54, 1.807) is 0 Å². The summed E-state index contributed by atoms with van der Waals surface area (Å²) < 4.78 is 0. The molecule has 4 nitrogen and oxygen atoms in total. The Balaban J connectivity index is 1.85. The molecule has 2 N–H and O–H groups in total. The number of aliphatic hydroxyl groups is 1. The Morgan fingerprint density at radius 2 is 2.11 bits per heavy atom. The van der Waals surface area contributed by atoms with E-state index < -0.39 is 0 Å². The van der Waals surface area contributed by atoms with Gasteiger partial charge < -0.3 is 10.0 Å². The number of benzene rings is 1. The predicted molar refractivity (Wildman–Crippen MR) is 76.5 cm³/mol.